The van der Waals surface area contributed by atoms with Gasteiger partial charge in [0.1, 0.15) is 0 Å². The van der Waals surface area contributed by atoms with Crippen molar-refractivity contribution in [1.82, 2.24) is 0 Å². The van der Waals surface area contributed by atoms with Crippen LogP contribution in [0.3, 0.4) is 0 Å². The van der Waals surface area contributed by atoms with Gasteiger partial charge in [0, 0.05) is 15.1 Å². The van der Waals surface area contributed by atoms with E-state index >= 15 is 0 Å². The second kappa shape index (κ2) is 7.38. The molecule has 0 amide bonds. The molecule has 0 unspecified atom stereocenters. The van der Waals surface area contributed by atoms with E-state index in [-0.39, 0.29) is 0 Å². The average molecular weight is 266 g/mol. The van der Waals surface area contributed by atoms with Crippen LogP contribution in [0.15, 0.2) is 33.3 Å². The summed E-state index contributed by atoms with van der Waals surface area (Å²) in [6, 6.07) is 0. The van der Waals surface area contributed by atoms with E-state index in [4.69, 9.17) is 34.8 Å². The van der Waals surface area contributed by atoms with Gasteiger partial charge >= 0.3 is 0 Å². The summed E-state index contributed by atoms with van der Waals surface area (Å²) in [4.78, 5) is 0. The van der Waals surface area contributed by atoms with E-state index in [1.54, 1.807) is 0 Å². The molecule has 0 nitrogen and oxygen atoms in total. The fraction of sp³-hybridized carbons (Fsp3) is 0.500. The highest BCUT2D eigenvalue weighted by Gasteiger charge is 1.98. The molecule has 0 heterocycles. The van der Waals surface area contributed by atoms with Crippen LogP contribution < -0.4 is 0 Å². The molecule has 0 radical (unpaired) electrons. The molecule has 0 aliphatic heterocycles. The SMILES string of the molecule is Cl/C1=C\CC/C(Cl)=C/CC/C(Cl)=C/CC1. The van der Waals surface area contributed by atoms with Gasteiger partial charge in [0.05, 0.1) is 0 Å². The minimum atomic E-state index is 0.874. The summed E-state index contributed by atoms with van der Waals surface area (Å²) < 4.78 is 0. The third kappa shape index (κ3) is 6.29. The predicted molar refractivity (Wildman–Crippen MR) is 69.5 cm³/mol. The van der Waals surface area contributed by atoms with Crippen molar-refractivity contribution in [3.05, 3.63) is 33.3 Å². The lowest BCUT2D eigenvalue weighted by molar-refractivity contribution is 0.937. The van der Waals surface area contributed by atoms with Crippen LogP contribution in [0.5, 0.6) is 0 Å². The smallest absolute Gasteiger partial charge is 0.0144 e. The van der Waals surface area contributed by atoms with Gasteiger partial charge in [-0.25, -0.2) is 0 Å². The molecule has 1 rings (SSSR count). The lowest BCUT2D eigenvalue weighted by Gasteiger charge is -2.02. The lowest BCUT2D eigenvalue weighted by atomic mass is 10.1. The molecule has 0 saturated carbocycles. The topological polar surface area (TPSA) is 0 Å². The molecule has 0 aromatic carbocycles. The summed E-state index contributed by atoms with van der Waals surface area (Å²) in [7, 11) is 0. The molecule has 1 aliphatic rings. The highest BCUT2D eigenvalue weighted by atomic mass is 35.5. The van der Waals surface area contributed by atoms with Gasteiger partial charge in [0.25, 0.3) is 0 Å². The highest BCUT2D eigenvalue weighted by Crippen LogP contribution is 2.21. The molecule has 0 fully saturated rings. The molecule has 0 aromatic rings. The normalized spacial score (nSPS) is 31.0. The number of hydrogen-bond acceptors (Lipinski definition) is 0. The average Bonchev–Trinajstić information content (AvgIpc) is 2.16. The zero-order valence-corrected chi connectivity index (χ0v) is 10.9. The van der Waals surface area contributed by atoms with Gasteiger partial charge in [-0.15, -0.1) is 0 Å². The third-order valence-electron chi connectivity index (χ3n) is 2.25. The summed E-state index contributed by atoms with van der Waals surface area (Å²) in [5, 5.41) is 2.71. The van der Waals surface area contributed by atoms with Crippen LogP contribution in [-0.4, -0.2) is 0 Å². The largest absolute Gasteiger partial charge is 0.0895 e. The molecule has 84 valence electrons. The first-order valence-electron chi connectivity index (χ1n) is 5.22. The molecular weight excluding hydrogens is 250 g/mol. The standard InChI is InChI=1S/C12H15Cl3/c13-10-4-1-5-11(14)7-3-9-12(15)8-2-6-10/h4,7-8H,1-3,5-6,9H2/b10-4-,11-7-,12-8-. The van der Waals surface area contributed by atoms with E-state index in [1.165, 1.54) is 0 Å². The maximum atomic E-state index is 6.04. The molecule has 0 N–H and O–H groups in total. The van der Waals surface area contributed by atoms with E-state index in [0.717, 1.165) is 53.6 Å². The molecule has 0 spiro atoms. The number of allylic oxidation sites excluding steroid dienone is 6. The quantitative estimate of drug-likeness (QED) is 0.526. The van der Waals surface area contributed by atoms with E-state index < -0.39 is 0 Å². The predicted octanol–water partition coefficient (Wildman–Crippen LogP) is 5.71. The van der Waals surface area contributed by atoms with Gasteiger partial charge in [-0.05, 0) is 38.5 Å². The monoisotopic (exact) mass is 264 g/mol. The van der Waals surface area contributed by atoms with Crippen molar-refractivity contribution >= 4 is 34.8 Å². The van der Waals surface area contributed by atoms with E-state index in [9.17, 15) is 0 Å². The minimum absolute atomic E-state index is 0.874. The van der Waals surface area contributed by atoms with E-state index in [1.807, 2.05) is 18.2 Å². The Labute approximate surface area is 107 Å². The van der Waals surface area contributed by atoms with Crippen LogP contribution in [0.4, 0.5) is 0 Å². The molecule has 1 aliphatic carbocycles. The van der Waals surface area contributed by atoms with Crippen molar-refractivity contribution < 1.29 is 0 Å². The third-order valence-corrected chi connectivity index (χ3v) is 3.28. The first-order chi connectivity index (χ1) is 7.18. The molecular formula is C12H15Cl3. The summed E-state index contributed by atoms with van der Waals surface area (Å²) in [6.45, 7) is 0. The fourth-order valence-corrected chi connectivity index (χ4v) is 2.06. The summed E-state index contributed by atoms with van der Waals surface area (Å²) in [5.74, 6) is 0. The van der Waals surface area contributed by atoms with Crippen molar-refractivity contribution in [3.8, 4) is 0 Å². The first kappa shape index (κ1) is 13.2. The Kier molecular flexibility index (Phi) is 6.47. The summed E-state index contributed by atoms with van der Waals surface area (Å²) in [5.41, 5.74) is 0. The van der Waals surface area contributed by atoms with Crippen LogP contribution >= 0.6 is 34.8 Å². The summed E-state index contributed by atoms with van der Waals surface area (Å²) >= 11 is 18.1. The zero-order chi connectivity index (χ0) is 11.1. The van der Waals surface area contributed by atoms with Gasteiger partial charge in [0.15, 0.2) is 0 Å². The van der Waals surface area contributed by atoms with Crippen molar-refractivity contribution in [2.24, 2.45) is 0 Å². The Morgan fingerprint density at radius 1 is 0.600 bits per heavy atom. The second-order valence-electron chi connectivity index (χ2n) is 3.57. The van der Waals surface area contributed by atoms with Crippen LogP contribution in [0.1, 0.15) is 38.5 Å². The Balaban J connectivity index is 2.62. The van der Waals surface area contributed by atoms with Gasteiger partial charge in [-0.3, -0.25) is 0 Å². The van der Waals surface area contributed by atoms with Crippen molar-refractivity contribution in [1.29, 1.82) is 0 Å². The fourth-order valence-electron chi connectivity index (χ4n) is 1.41. The molecule has 3 heteroatoms. The van der Waals surface area contributed by atoms with Crippen molar-refractivity contribution in [2.75, 3.05) is 0 Å². The second-order valence-corrected chi connectivity index (χ2v) is 5.03. The molecule has 0 saturated heterocycles. The molecule has 0 atom stereocenters. The zero-order valence-electron chi connectivity index (χ0n) is 8.61. The number of halogens is 3. The highest BCUT2D eigenvalue weighted by molar-refractivity contribution is 6.30. The Morgan fingerprint density at radius 3 is 1.13 bits per heavy atom. The van der Waals surface area contributed by atoms with Crippen LogP contribution in [0.2, 0.25) is 0 Å². The Hall–Kier alpha value is 0.0900. The van der Waals surface area contributed by atoms with Crippen molar-refractivity contribution in [3.63, 3.8) is 0 Å². The maximum Gasteiger partial charge on any atom is 0.0144 e. The molecule has 0 aromatic heterocycles. The van der Waals surface area contributed by atoms with Gasteiger partial charge in [-0.2, -0.15) is 0 Å². The van der Waals surface area contributed by atoms with Crippen LogP contribution in [0.25, 0.3) is 0 Å². The van der Waals surface area contributed by atoms with Crippen LogP contribution in [0, 0.1) is 0 Å². The Morgan fingerprint density at radius 2 is 0.867 bits per heavy atom. The number of hydrogen-bond donors (Lipinski definition) is 0. The van der Waals surface area contributed by atoms with Gasteiger partial charge < -0.3 is 0 Å². The number of rotatable bonds is 0. The van der Waals surface area contributed by atoms with E-state index in [0.29, 0.717) is 0 Å². The lowest BCUT2D eigenvalue weighted by Crippen LogP contribution is -1.81. The maximum absolute atomic E-state index is 6.04. The molecule has 0 bridgehead atoms. The van der Waals surface area contributed by atoms with Gasteiger partial charge in [-0.1, -0.05) is 53.0 Å². The minimum Gasteiger partial charge on any atom is -0.0895 e. The van der Waals surface area contributed by atoms with E-state index in [2.05, 4.69) is 0 Å². The Bertz CT molecular complexity index is 240. The van der Waals surface area contributed by atoms with Gasteiger partial charge in [0.2, 0.25) is 0 Å². The molecule has 15 heavy (non-hydrogen) atoms. The van der Waals surface area contributed by atoms with Crippen molar-refractivity contribution in [2.45, 2.75) is 38.5 Å². The summed E-state index contributed by atoms with van der Waals surface area (Å²) in [6.07, 6.45) is 11.5. The first-order valence-corrected chi connectivity index (χ1v) is 6.35. The van der Waals surface area contributed by atoms with Crippen LogP contribution in [-0.2, 0) is 0 Å².